The molecule has 0 fully saturated rings. The van der Waals surface area contributed by atoms with Crippen LogP contribution < -0.4 is 0 Å². The van der Waals surface area contributed by atoms with Gasteiger partial charge in [0.1, 0.15) is 11.9 Å². The van der Waals surface area contributed by atoms with E-state index in [0.717, 1.165) is 12.0 Å². The molecular weight excluding hydrogens is 268 g/mol. The maximum atomic E-state index is 11.6. The number of aromatic nitrogens is 2. The van der Waals surface area contributed by atoms with Crippen molar-refractivity contribution in [2.45, 2.75) is 39.2 Å². The van der Waals surface area contributed by atoms with Gasteiger partial charge in [-0.25, -0.2) is 0 Å². The van der Waals surface area contributed by atoms with E-state index in [1.54, 1.807) is 0 Å². The summed E-state index contributed by atoms with van der Waals surface area (Å²) in [5.74, 6) is 0.923. The van der Waals surface area contributed by atoms with Gasteiger partial charge in [-0.1, -0.05) is 42.4 Å². The highest BCUT2D eigenvalue weighted by molar-refractivity contribution is 5.79. The third kappa shape index (κ3) is 4.23. The molecule has 1 atom stereocenters. The van der Waals surface area contributed by atoms with Crippen LogP contribution in [0.5, 0.6) is 0 Å². The summed E-state index contributed by atoms with van der Waals surface area (Å²) in [5, 5.41) is 3.96. The third-order valence-electron chi connectivity index (χ3n) is 3.03. The highest BCUT2D eigenvalue weighted by Crippen LogP contribution is 2.23. The van der Waals surface area contributed by atoms with Crippen LogP contribution in [-0.2, 0) is 16.0 Å². The molecule has 1 aromatic heterocycles. The lowest BCUT2D eigenvalue weighted by Gasteiger charge is -2.13. The molecule has 5 heteroatoms. The van der Waals surface area contributed by atoms with Gasteiger partial charge in [-0.3, -0.25) is 4.79 Å². The highest BCUT2D eigenvalue weighted by Gasteiger charge is 2.21. The maximum absolute atomic E-state index is 11.6. The molecule has 1 aromatic carbocycles. The van der Waals surface area contributed by atoms with Gasteiger partial charge in [0.15, 0.2) is 0 Å². The first-order valence-electron chi connectivity index (χ1n) is 7.25. The highest BCUT2D eigenvalue weighted by atomic mass is 16.5. The smallest absolute Gasteiger partial charge is 0.234 e. The van der Waals surface area contributed by atoms with E-state index in [1.807, 2.05) is 44.2 Å². The summed E-state index contributed by atoms with van der Waals surface area (Å²) in [4.78, 5) is 15.9. The molecule has 0 radical (unpaired) electrons. The zero-order valence-corrected chi connectivity index (χ0v) is 12.4. The lowest BCUT2D eigenvalue weighted by atomic mass is 10.1. The molecule has 2 rings (SSSR count). The number of benzene rings is 1. The molecule has 0 aliphatic carbocycles. The first kappa shape index (κ1) is 15.4. The van der Waals surface area contributed by atoms with Gasteiger partial charge in [-0.05, 0) is 18.9 Å². The zero-order valence-electron chi connectivity index (χ0n) is 12.4. The van der Waals surface area contributed by atoms with Crippen LogP contribution in [0.3, 0.4) is 0 Å². The summed E-state index contributed by atoms with van der Waals surface area (Å²) in [7, 11) is 0. The van der Waals surface area contributed by atoms with Gasteiger partial charge in [-0.15, -0.1) is 0 Å². The van der Waals surface area contributed by atoms with E-state index in [-0.39, 0.29) is 18.3 Å². The average molecular weight is 288 g/mol. The largest absolute Gasteiger partial charge is 0.366 e. The van der Waals surface area contributed by atoms with Crippen molar-refractivity contribution in [1.29, 1.82) is 0 Å². The lowest BCUT2D eigenvalue weighted by Crippen LogP contribution is -2.08. The van der Waals surface area contributed by atoms with Crippen molar-refractivity contribution in [3.8, 4) is 0 Å². The topological polar surface area (TPSA) is 65.2 Å². The summed E-state index contributed by atoms with van der Waals surface area (Å²) < 4.78 is 10.9. The molecule has 0 bridgehead atoms. The predicted octanol–water partition coefficient (Wildman–Crippen LogP) is 3.11. The molecule has 0 N–H and O–H groups in total. The van der Waals surface area contributed by atoms with Crippen LogP contribution >= 0.6 is 0 Å². The van der Waals surface area contributed by atoms with Crippen LogP contribution in [0.2, 0.25) is 0 Å². The Morgan fingerprint density at radius 1 is 1.29 bits per heavy atom. The molecule has 1 unspecified atom stereocenters. The lowest BCUT2D eigenvalue weighted by molar-refractivity contribution is -0.118. The minimum absolute atomic E-state index is 0.111. The average Bonchev–Trinajstić information content (AvgIpc) is 2.94. The van der Waals surface area contributed by atoms with E-state index in [9.17, 15) is 4.79 Å². The number of carbonyl (C=O) groups is 1. The third-order valence-corrected chi connectivity index (χ3v) is 3.03. The second kappa shape index (κ2) is 7.69. The molecular formula is C16H20N2O3. The summed E-state index contributed by atoms with van der Waals surface area (Å²) in [6, 6.07) is 9.73. The monoisotopic (exact) mass is 288 g/mol. The van der Waals surface area contributed by atoms with E-state index < -0.39 is 0 Å². The van der Waals surface area contributed by atoms with Crippen molar-refractivity contribution in [2.24, 2.45) is 0 Å². The number of hydrogen-bond acceptors (Lipinski definition) is 5. The SMILES string of the molecule is CCCC(=O)Cc1nc(C(OCC)c2ccccc2)no1. The number of rotatable bonds is 8. The minimum Gasteiger partial charge on any atom is -0.366 e. The molecule has 112 valence electrons. The van der Waals surface area contributed by atoms with Gasteiger partial charge in [0.05, 0.1) is 6.42 Å². The van der Waals surface area contributed by atoms with Gasteiger partial charge < -0.3 is 9.26 Å². The Morgan fingerprint density at radius 2 is 2.05 bits per heavy atom. The van der Waals surface area contributed by atoms with Crippen LogP contribution in [0.1, 0.15) is 50.1 Å². The van der Waals surface area contributed by atoms with Crippen molar-refractivity contribution >= 4 is 5.78 Å². The Balaban J connectivity index is 2.15. The second-order valence-electron chi connectivity index (χ2n) is 4.76. The Kier molecular flexibility index (Phi) is 5.63. The molecule has 5 nitrogen and oxygen atoms in total. The fraction of sp³-hybridized carbons (Fsp3) is 0.438. The Hall–Kier alpha value is -2.01. The Bertz CT molecular complexity index is 566. The van der Waals surface area contributed by atoms with E-state index in [0.29, 0.717) is 24.7 Å². The molecule has 0 saturated heterocycles. The number of Topliss-reactive ketones (excluding diaryl/α,β-unsaturated/α-hetero) is 1. The molecule has 0 aliphatic heterocycles. The molecule has 0 saturated carbocycles. The molecule has 0 aliphatic rings. The van der Waals surface area contributed by atoms with Gasteiger partial charge in [0, 0.05) is 13.0 Å². The number of ketones is 1. The summed E-state index contributed by atoms with van der Waals surface area (Å²) in [5.41, 5.74) is 0.964. The summed E-state index contributed by atoms with van der Waals surface area (Å²) >= 11 is 0. The van der Waals surface area contributed by atoms with Crippen LogP contribution in [-0.4, -0.2) is 22.5 Å². The van der Waals surface area contributed by atoms with Gasteiger partial charge in [0.2, 0.25) is 11.7 Å². The fourth-order valence-electron chi connectivity index (χ4n) is 2.10. The van der Waals surface area contributed by atoms with Crippen molar-refractivity contribution in [3.05, 3.63) is 47.6 Å². The Labute approximate surface area is 124 Å². The number of carbonyl (C=O) groups excluding carboxylic acids is 1. The van der Waals surface area contributed by atoms with Crippen molar-refractivity contribution in [2.75, 3.05) is 6.61 Å². The predicted molar refractivity (Wildman–Crippen MR) is 77.8 cm³/mol. The van der Waals surface area contributed by atoms with E-state index in [2.05, 4.69) is 10.1 Å². The minimum atomic E-state index is -0.366. The molecule has 0 amide bonds. The maximum Gasteiger partial charge on any atom is 0.234 e. The summed E-state index contributed by atoms with van der Waals surface area (Å²) in [6.07, 6.45) is 1.18. The first-order chi connectivity index (χ1) is 10.2. The number of hydrogen-bond donors (Lipinski definition) is 0. The summed E-state index contributed by atoms with van der Waals surface area (Å²) in [6.45, 7) is 4.43. The normalized spacial score (nSPS) is 12.3. The van der Waals surface area contributed by atoms with Crippen LogP contribution in [0.25, 0.3) is 0 Å². The van der Waals surface area contributed by atoms with Gasteiger partial charge in [-0.2, -0.15) is 4.98 Å². The fourth-order valence-corrected chi connectivity index (χ4v) is 2.10. The van der Waals surface area contributed by atoms with E-state index in [1.165, 1.54) is 0 Å². The number of nitrogens with zero attached hydrogens (tertiary/aromatic N) is 2. The van der Waals surface area contributed by atoms with Crippen molar-refractivity contribution in [3.63, 3.8) is 0 Å². The van der Waals surface area contributed by atoms with Crippen LogP contribution in [0.15, 0.2) is 34.9 Å². The van der Waals surface area contributed by atoms with Crippen molar-refractivity contribution in [1.82, 2.24) is 10.1 Å². The van der Waals surface area contributed by atoms with E-state index >= 15 is 0 Å². The van der Waals surface area contributed by atoms with Crippen LogP contribution in [0, 0.1) is 0 Å². The van der Waals surface area contributed by atoms with Crippen LogP contribution in [0.4, 0.5) is 0 Å². The molecule has 21 heavy (non-hydrogen) atoms. The standard InChI is InChI=1S/C16H20N2O3/c1-3-8-13(19)11-14-17-16(18-21-14)15(20-4-2)12-9-6-5-7-10-12/h5-7,9-10,15H,3-4,8,11H2,1-2H3. The molecule has 2 aromatic rings. The number of ether oxygens (including phenoxy) is 1. The Morgan fingerprint density at radius 3 is 2.71 bits per heavy atom. The molecule has 0 spiro atoms. The molecule has 1 heterocycles. The van der Waals surface area contributed by atoms with Gasteiger partial charge in [0.25, 0.3) is 0 Å². The quantitative estimate of drug-likeness (QED) is 0.746. The van der Waals surface area contributed by atoms with Crippen molar-refractivity contribution < 1.29 is 14.1 Å². The van der Waals surface area contributed by atoms with E-state index in [4.69, 9.17) is 9.26 Å². The second-order valence-corrected chi connectivity index (χ2v) is 4.76. The first-order valence-corrected chi connectivity index (χ1v) is 7.25. The van der Waals surface area contributed by atoms with Gasteiger partial charge >= 0.3 is 0 Å². The zero-order chi connectivity index (χ0) is 15.1.